The van der Waals surface area contributed by atoms with Crippen molar-refractivity contribution in [2.24, 2.45) is 5.92 Å². The minimum Gasteiger partial charge on any atom is -0.379 e. The van der Waals surface area contributed by atoms with Crippen molar-refractivity contribution < 1.29 is 9.13 Å². The van der Waals surface area contributed by atoms with E-state index in [1.165, 1.54) is 12.1 Å². The Bertz CT molecular complexity index is 551. The summed E-state index contributed by atoms with van der Waals surface area (Å²) < 4.78 is 18.7. The molecule has 0 radical (unpaired) electrons. The highest BCUT2D eigenvalue weighted by Crippen LogP contribution is 2.30. The summed E-state index contributed by atoms with van der Waals surface area (Å²) in [6, 6.07) is 7.06. The van der Waals surface area contributed by atoms with Gasteiger partial charge in [-0.3, -0.25) is 4.90 Å². The molecular formula is C16H20FN3O. The first kappa shape index (κ1) is 14.3. The van der Waals surface area contributed by atoms with Crippen molar-refractivity contribution in [3.05, 3.63) is 29.6 Å². The van der Waals surface area contributed by atoms with E-state index in [-0.39, 0.29) is 5.82 Å². The third kappa shape index (κ3) is 2.87. The monoisotopic (exact) mass is 289 g/mol. The average Bonchev–Trinajstić information content (AvgIpc) is 2.89. The number of nitriles is 1. The van der Waals surface area contributed by atoms with Crippen LogP contribution in [-0.4, -0.2) is 50.3 Å². The first-order valence-electron chi connectivity index (χ1n) is 7.45. The lowest BCUT2D eigenvalue weighted by Crippen LogP contribution is -2.46. The predicted molar refractivity (Wildman–Crippen MR) is 78.7 cm³/mol. The minimum absolute atomic E-state index is 0.354. The molecule has 1 aromatic carbocycles. The zero-order chi connectivity index (χ0) is 14.8. The van der Waals surface area contributed by atoms with Crippen LogP contribution >= 0.6 is 0 Å². The van der Waals surface area contributed by atoms with E-state index in [4.69, 9.17) is 4.74 Å². The summed E-state index contributed by atoms with van der Waals surface area (Å²) in [5.41, 5.74) is 1.27. The lowest BCUT2D eigenvalue weighted by Gasteiger charge is -2.34. The molecule has 2 aliphatic heterocycles. The Labute approximate surface area is 124 Å². The number of nitrogens with zero attached hydrogens (tertiary/aromatic N) is 3. The first-order valence-corrected chi connectivity index (χ1v) is 7.45. The second kappa shape index (κ2) is 6.00. The Morgan fingerprint density at radius 1 is 1.29 bits per heavy atom. The smallest absolute Gasteiger partial charge is 0.124 e. The molecule has 21 heavy (non-hydrogen) atoms. The summed E-state index contributed by atoms with van der Waals surface area (Å²) in [7, 11) is 0. The Morgan fingerprint density at radius 3 is 2.76 bits per heavy atom. The second-order valence-electron chi connectivity index (χ2n) is 5.87. The zero-order valence-corrected chi connectivity index (χ0v) is 12.3. The first-order chi connectivity index (χ1) is 10.2. The molecule has 2 atom stereocenters. The molecule has 1 aromatic rings. The quantitative estimate of drug-likeness (QED) is 0.833. The lowest BCUT2D eigenvalue weighted by atomic mass is 10.0. The van der Waals surface area contributed by atoms with E-state index in [0.29, 0.717) is 17.5 Å². The summed E-state index contributed by atoms with van der Waals surface area (Å²) in [6.45, 7) is 7.57. The van der Waals surface area contributed by atoms with Gasteiger partial charge in [0.25, 0.3) is 0 Å². The van der Waals surface area contributed by atoms with Crippen LogP contribution in [0.4, 0.5) is 10.1 Å². The van der Waals surface area contributed by atoms with Crippen LogP contribution in [0.2, 0.25) is 0 Å². The second-order valence-corrected chi connectivity index (χ2v) is 5.87. The maximum atomic E-state index is 13.3. The largest absolute Gasteiger partial charge is 0.379 e. The van der Waals surface area contributed by atoms with Gasteiger partial charge in [-0.15, -0.1) is 0 Å². The third-order valence-electron chi connectivity index (χ3n) is 4.51. The van der Waals surface area contributed by atoms with Gasteiger partial charge < -0.3 is 9.64 Å². The normalized spacial score (nSPS) is 26.8. The minimum atomic E-state index is -0.354. The van der Waals surface area contributed by atoms with E-state index < -0.39 is 0 Å². The number of benzene rings is 1. The van der Waals surface area contributed by atoms with Gasteiger partial charge >= 0.3 is 0 Å². The highest BCUT2D eigenvalue weighted by molar-refractivity contribution is 5.60. The lowest BCUT2D eigenvalue weighted by molar-refractivity contribution is 0.0134. The summed E-state index contributed by atoms with van der Waals surface area (Å²) in [4.78, 5) is 4.69. The summed E-state index contributed by atoms with van der Waals surface area (Å²) in [6.07, 6.45) is 0. The van der Waals surface area contributed by atoms with Crippen LogP contribution in [0, 0.1) is 23.1 Å². The summed E-state index contributed by atoms with van der Waals surface area (Å²) in [5.74, 6) is 0.173. The number of morpholine rings is 1. The van der Waals surface area contributed by atoms with Crippen molar-refractivity contribution in [1.29, 1.82) is 5.26 Å². The topological polar surface area (TPSA) is 39.5 Å². The van der Waals surface area contributed by atoms with Crippen LogP contribution in [0.5, 0.6) is 0 Å². The molecule has 2 fully saturated rings. The Morgan fingerprint density at radius 2 is 2.05 bits per heavy atom. The highest BCUT2D eigenvalue weighted by atomic mass is 19.1. The Kier molecular flexibility index (Phi) is 4.09. The van der Waals surface area contributed by atoms with Crippen LogP contribution in [0.3, 0.4) is 0 Å². The van der Waals surface area contributed by atoms with Gasteiger partial charge in [0, 0.05) is 32.2 Å². The number of hydrogen-bond donors (Lipinski definition) is 0. The maximum absolute atomic E-state index is 13.3. The fourth-order valence-electron chi connectivity index (χ4n) is 3.40. The number of ether oxygens (including phenoxy) is 1. The molecule has 0 aliphatic carbocycles. The van der Waals surface area contributed by atoms with E-state index in [9.17, 15) is 9.65 Å². The third-order valence-corrected chi connectivity index (χ3v) is 4.51. The summed E-state index contributed by atoms with van der Waals surface area (Å²) in [5, 5.41) is 9.21. The molecule has 2 aliphatic rings. The molecule has 2 heterocycles. The summed E-state index contributed by atoms with van der Waals surface area (Å²) >= 11 is 0. The van der Waals surface area contributed by atoms with Gasteiger partial charge in [0.2, 0.25) is 0 Å². The number of rotatable bonds is 2. The molecule has 0 N–H and O–H groups in total. The van der Waals surface area contributed by atoms with Crippen LogP contribution < -0.4 is 4.90 Å². The van der Waals surface area contributed by atoms with Crippen molar-refractivity contribution >= 4 is 5.69 Å². The van der Waals surface area contributed by atoms with Crippen LogP contribution in [0.1, 0.15) is 12.5 Å². The predicted octanol–water partition coefficient (Wildman–Crippen LogP) is 1.85. The number of anilines is 1. The fourth-order valence-corrected chi connectivity index (χ4v) is 3.40. The highest BCUT2D eigenvalue weighted by Gasteiger charge is 2.35. The average molecular weight is 289 g/mol. The van der Waals surface area contributed by atoms with Gasteiger partial charge in [-0.2, -0.15) is 5.26 Å². The number of hydrogen-bond acceptors (Lipinski definition) is 4. The van der Waals surface area contributed by atoms with Crippen LogP contribution in [0.25, 0.3) is 0 Å². The maximum Gasteiger partial charge on any atom is 0.124 e. The van der Waals surface area contributed by atoms with Crippen LogP contribution in [-0.2, 0) is 4.74 Å². The van der Waals surface area contributed by atoms with E-state index in [1.807, 2.05) is 0 Å². The van der Waals surface area contributed by atoms with Crippen molar-refractivity contribution in [1.82, 2.24) is 4.90 Å². The van der Waals surface area contributed by atoms with Gasteiger partial charge in [-0.25, -0.2) is 4.39 Å². The van der Waals surface area contributed by atoms with Gasteiger partial charge in [0.05, 0.1) is 24.5 Å². The van der Waals surface area contributed by atoms with Gasteiger partial charge in [-0.1, -0.05) is 6.92 Å². The SMILES string of the molecule is C[C@@H]1CN(c2ccc(F)cc2C#N)C[C@H]1N1CCOCC1. The molecule has 0 saturated carbocycles. The van der Waals surface area contributed by atoms with Crippen molar-refractivity contribution in [2.75, 3.05) is 44.3 Å². The Balaban J connectivity index is 1.78. The molecule has 112 valence electrons. The van der Waals surface area contributed by atoms with Gasteiger partial charge in [0.15, 0.2) is 0 Å². The van der Waals surface area contributed by atoms with Crippen molar-refractivity contribution in [3.8, 4) is 6.07 Å². The van der Waals surface area contributed by atoms with E-state index >= 15 is 0 Å². The van der Waals surface area contributed by atoms with E-state index in [2.05, 4.69) is 22.8 Å². The number of halogens is 1. The molecule has 0 spiro atoms. The molecule has 0 unspecified atom stereocenters. The molecule has 0 amide bonds. The molecule has 0 bridgehead atoms. The van der Waals surface area contributed by atoms with Crippen molar-refractivity contribution in [3.63, 3.8) is 0 Å². The van der Waals surface area contributed by atoms with E-state index in [1.54, 1.807) is 6.07 Å². The standard InChI is InChI=1S/C16H20FN3O/c1-12-10-20(11-16(12)19-4-6-21-7-5-19)15-3-2-14(17)8-13(15)9-18/h2-3,8,12,16H,4-7,10-11H2,1H3/t12-,16-/m1/s1. The zero-order valence-electron chi connectivity index (χ0n) is 12.3. The van der Waals surface area contributed by atoms with Gasteiger partial charge in [0.1, 0.15) is 11.9 Å². The van der Waals surface area contributed by atoms with Gasteiger partial charge in [-0.05, 0) is 24.1 Å². The molecular weight excluding hydrogens is 269 g/mol. The molecule has 5 heteroatoms. The van der Waals surface area contributed by atoms with Crippen LogP contribution in [0.15, 0.2) is 18.2 Å². The van der Waals surface area contributed by atoms with Crippen molar-refractivity contribution in [2.45, 2.75) is 13.0 Å². The fraction of sp³-hybridized carbons (Fsp3) is 0.562. The molecule has 2 saturated heterocycles. The Hall–Kier alpha value is -1.64. The van der Waals surface area contributed by atoms with E-state index in [0.717, 1.165) is 45.1 Å². The molecule has 0 aromatic heterocycles. The molecule has 4 nitrogen and oxygen atoms in total. The molecule has 3 rings (SSSR count).